The van der Waals surface area contributed by atoms with Gasteiger partial charge in [0.2, 0.25) is 0 Å². The SMILES string of the molecule is C1=C[CH]=[Bi][CH]=C1.[SH-]. The van der Waals surface area contributed by atoms with Gasteiger partial charge in [0.15, 0.2) is 0 Å². The van der Waals surface area contributed by atoms with E-state index in [0.29, 0.717) is 0 Å². The maximum atomic E-state index is 2.31. The molecule has 0 atom stereocenters. The van der Waals surface area contributed by atoms with Crippen LogP contribution in [0.1, 0.15) is 0 Å². The summed E-state index contributed by atoms with van der Waals surface area (Å²) in [6.45, 7) is 0. The normalized spacial score (nSPS) is 13.7. The zero-order valence-electron chi connectivity index (χ0n) is 3.78. The third-order valence-corrected chi connectivity index (χ3v) is 3.24. The van der Waals surface area contributed by atoms with E-state index in [1.165, 1.54) is 0 Å². The van der Waals surface area contributed by atoms with Crippen LogP contribution >= 0.6 is 0 Å². The van der Waals surface area contributed by atoms with E-state index >= 15 is 0 Å². The molecule has 2 heteroatoms. The number of hydrogen-bond donors (Lipinski definition) is 0. The van der Waals surface area contributed by atoms with Crippen molar-refractivity contribution in [3.05, 3.63) is 22.0 Å². The molecule has 7 heavy (non-hydrogen) atoms. The van der Waals surface area contributed by atoms with Gasteiger partial charge in [-0.1, -0.05) is 0 Å². The Hall–Kier alpha value is 0.583. The quantitative estimate of drug-likeness (QED) is 0.353. The summed E-state index contributed by atoms with van der Waals surface area (Å²) in [5, 5.41) is 0. The largest absolute Gasteiger partial charge is 0.813 e. The summed E-state index contributed by atoms with van der Waals surface area (Å²) in [7, 11) is 0. The van der Waals surface area contributed by atoms with Crippen LogP contribution in [0, 0.1) is 0 Å². The van der Waals surface area contributed by atoms with Crippen molar-refractivity contribution in [1.29, 1.82) is 0 Å². The smallest absolute Gasteiger partial charge is 0.813 e. The summed E-state index contributed by atoms with van der Waals surface area (Å²) in [6, 6.07) is 0. The molecule has 0 bridgehead atoms. The summed E-state index contributed by atoms with van der Waals surface area (Å²) >= 11 is -0.181. The first-order valence-electron chi connectivity index (χ1n) is 1.85. The van der Waals surface area contributed by atoms with Gasteiger partial charge in [0, 0.05) is 0 Å². The monoisotopic (exact) mass is 307 g/mol. The van der Waals surface area contributed by atoms with Gasteiger partial charge in [0.05, 0.1) is 0 Å². The van der Waals surface area contributed by atoms with Crippen LogP contribution in [-0.4, -0.2) is 26.5 Å². The summed E-state index contributed by atoms with van der Waals surface area (Å²) in [6.07, 6.45) is 6.35. The maximum absolute atomic E-state index is 2.31. The molecule has 0 aromatic rings. The Balaban J connectivity index is 0.000000360. The number of allylic oxidation sites excluding steroid dienone is 3. The van der Waals surface area contributed by atoms with Crippen LogP contribution in [0.15, 0.2) is 22.0 Å². The summed E-state index contributed by atoms with van der Waals surface area (Å²) in [5.74, 6) is 0. The van der Waals surface area contributed by atoms with Gasteiger partial charge in [-0.25, -0.2) is 0 Å². The second-order valence-corrected chi connectivity index (χ2v) is 4.50. The molecule has 0 aromatic heterocycles. The Morgan fingerprint density at radius 2 is 1.86 bits per heavy atom. The molecular formula is C5H6BiS-. The zero-order valence-corrected chi connectivity index (χ0v) is 8.15. The Morgan fingerprint density at radius 1 is 1.00 bits per heavy atom. The van der Waals surface area contributed by atoms with E-state index in [-0.39, 0.29) is 36.2 Å². The summed E-state index contributed by atoms with van der Waals surface area (Å²) < 4.78 is 4.61. The standard InChI is InChI=1S/C5H5.Bi.H2S/c1-3-5-4-2;;/h1-5H;;1H2/p-1. The molecule has 1 heterocycles. The first-order chi connectivity index (χ1) is 3.00. The van der Waals surface area contributed by atoms with Crippen molar-refractivity contribution in [2.75, 3.05) is 0 Å². The van der Waals surface area contributed by atoms with Crippen LogP contribution < -0.4 is 0 Å². The van der Waals surface area contributed by atoms with Gasteiger partial charge in [-0.2, -0.15) is 0 Å². The molecule has 0 aliphatic carbocycles. The van der Waals surface area contributed by atoms with E-state index in [4.69, 9.17) is 0 Å². The molecule has 38 valence electrons. The second-order valence-electron chi connectivity index (χ2n) is 1.02. The molecule has 1 rings (SSSR count). The Kier molecular flexibility index (Phi) is 5.13. The van der Waals surface area contributed by atoms with Crippen LogP contribution in [0.3, 0.4) is 0 Å². The number of rotatable bonds is 0. The predicted octanol–water partition coefficient (Wildman–Crippen LogP) is 0.306. The molecule has 0 saturated heterocycles. The average molecular weight is 307 g/mol. The van der Waals surface area contributed by atoms with Gasteiger partial charge in [-0.15, -0.1) is 0 Å². The summed E-state index contributed by atoms with van der Waals surface area (Å²) in [5.41, 5.74) is 0. The minimum atomic E-state index is -0.181. The van der Waals surface area contributed by atoms with Gasteiger partial charge in [-0.3, -0.25) is 0 Å². The van der Waals surface area contributed by atoms with Crippen LogP contribution in [-0.2, 0) is 13.5 Å². The van der Waals surface area contributed by atoms with Crippen molar-refractivity contribution in [3.8, 4) is 0 Å². The van der Waals surface area contributed by atoms with E-state index in [9.17, 15) is 0 Å². The molecule has 0 saturated carbocycles. The fourth-order valence-electron chi connectivity index (χ4n) is 0.313. The molecule has 1 aliphatic heterocycles. The number of thiol groups is 1. The molecule has 0 fully saturated rings. The van der Waals surface area contributed by atoms with E-state index in [0.717, 1.165) is 0 Å². The molecule has 0 spiro atoms. The summed E-state index contributed by atoms with van der Waals surface area (Å²) in [4.78, 5) is 0. The molecular weight excluding hydrogens is 301 g/mol. The van der Waals surface area contributed by atoms with Crippen molar-refractivity contribution >= 4 is 40.0 Å². The van der Waals surface area contributed by atoms with Crippen molar-refractivity contribution in [3.63, 3.8) is 0 Å². The van der Waals surface area contributed by atoms with Gasteiger partial charge < -0.3 is 13.5 Å². The molecule has 0 amide bonds. The van der Waals surface area contributed by atoms with E-state index in [1.54, 1.807) is 0 Å². The Morgan fingerprint density at radius 3 is 2.00 bits per heavy atom. The minimum absolute atomic E-state index is 0. The number of hydrogen-bond acceptors (Lipinski definition) is 1. The Labute approximate surface area is 61.8 Å². The van der Waals surface area contributed by atoms with Crippen LogP contribution in [0.2, 0.25) is 0 Å². The van der Waals surface area contributed by atoms with E-state index in [2.05, 4.69) is 25.7 Å². The fourth-order valence-corrected chi connectivity index (χ4v) is 2.24. The Bertz CT molecular complexity index is 77.5. The average Bonchev–Trinajstić information content (AvgIpc) is 1.72. The first kappa shape index (κ1) is 7.58. The van der Waals surface area contributed by atoms with Crippen LogP contribution in [0.5, 0.6) is 0 Å². The van der Waals surface area contributed by atoms with Crippen molar-refractivity contribution in [1.82, 2.24) is 0 Å². The van der Waals surface area contributed by atoms with Gasteiger partial charge in [0.1, 0.15) is 0 Å². The second kappa shape index (κ2) is 4.74. The molecule has 0 N–H and O–H groups in total. The van der Waals surface area contributed by atoms with Crippen LogP contribution in [0.4, 0.5) is 0 Å². The van der Waals surface area contributed by atoms with Crippen LogP contribution in [0.25, 0.3) is 0 Å². The first-order valence-corrected chi connectivity index (χ1v) is 5.86. The third kappa shape index (κ3) is 3.19. The fraction of sp³-hybridized carbons (Fsp3) is 0. The molecule has 0 radical (unpaired) electrons. The van der Waals surface area contributed by atoms with Gasteiger partial charge in [0.25, 0.3) is 0 Å². The topological polar surface area (TPSA) is 0 Å². The van der Waals surface area contributed by atoms with E-state index in [1.807, 2.05) is 0 Å². The molecule has 0 nitrogen and oxygen atoms in total. The zero-order chi connectivity index (χ0) is 4.24. The van der Waals surface area contributed by atoms with Gasteiger partial charge in [-0.05, 0) is 0 Å². The molecule has 1 aliphatic rings. The predicted molar refractivity (Wildman–Crippen MR) is 38.9 cm³/mol. The van der Waals surface area contributed by atoms with Crippen molar-refractivity contribution < 1.29 is 0 Å². The molecule has 0 unspecified atom stereocenters. The third-order valence-electron chi connectivity index (χ3n) is 0.566. The van der Waals surface area contributed by atoms with Crippen molar-refractivity contribution in [2.45, 2.75) is 0 Å². The van der Waals surface area contributed by atoms with E-state index < -0.39 is 0 Å². The van der Waals surface area contributed by atoms with Crippen molar-refractivity contribution in [2.24, 2.45) is 0 Å². The van der Waals surface area contributed by atoms with Gasteiger partial charge >= 0.3 is 48.5 Å². The molecule has 0 aromatic carbocycles. The minimum Gasteiger partial charge on any atom is -0.813 e. The maximum Gasteiger partial charge on any atom is -0.813 e.